The van der Waals surface area contributed by atoms with E-state index in [1.54, 1.807) is 0 Å². The summed E-state index contributed by atoms with van der Waals surface area (Å²) in [6.45, 7) is 0. The molecule has 3 aromatic rings. The van der Waals surface area contributed by atoms with E-state index in [1.807, 2.05) is 0 Å². The number of nitrogens with two attached hydrogens (primary N) is 1. The quantitative estimate of drug-likeness (QED) is 0.778. The smallest absolute Gasteiger partial charge is 0.220 e. The molecule has 2 N–H and O–H groups in total. The van der Waals surface area contributed by atoms with Crippen LogP contribution < -0.4 is 5.73 Å². The van der Waals surface area contributed by atoms with E-state index in [4.69, 9.17) is 5.73 Å². The van der Waals surface area contributed by atoms with E-state index in [2.05, 4.69) is 46.4 Å². The Bertz CT molecular complexity index is 900. The van der Waals surface area contributed by atoms with E-state index >= 15 is 0 Å². The van der Waals surface area contributed by atoms with Crippen molar-refractivity contribution in [3.8, 4) is 11.3 Å². The number of nitrogens with zero attached hydrogens (tertiary/aromatic N) is 2. The number of rotatable bonds is 2. The van der Waals surface area contributed by atoms with Gasteiger partial charge in [-0.2, -0.15) is 0 Å². The highest BCUT2D eigenvalue weighted by atomic mass is 15.0. The molecule has 1 aromatic heterocycles. The lowest BCUT2D eigenvalue weighted by Gasteiger charge is -2.10. The van der Waals surface area contributed by atoms with Crippen molar-refractivity contribution in [2.24, 2.45) is 0 Å². The van der Waals surface area contributed by atoms with E-state index in [1.165, 1.54) is 40.3 Å². The molecule has 3 heteroatoms. The van der Waals surface area contributed by atoms with E-state index < -0.39 is 0 Å². The Morgan fingerprint density at radius 3 is 2.59 bits per heavy atom. The fourth-order valence-electron chi connectivity index (χ4n) is 3.68. The number of benzene rings is 2. The molecule has 0 aliphatic heterocycles. The van der Waals surface area contributed by atoms with Crippen LogP contribution in [0.4, 0.5) is 5.95 Å². The first kappa shape index (κ1) is 12.2. The van der Waals surface area contributed by atoms with Crippen LogP contribution in [0, 0.1) is 0 Å². The molecule has 22 heavy (non-hydrogen) atoms. The lowest BCUT2D eigenvalue weighted by atomic mass is 9.97. The molecule has 2 aliphatic rings. The Balaban J connectivity index is 1.78. The van der Waals surface area contributed by atoms with Crippen molar-refractivity contribution < 1.29 is 0 Å². The lowest BCUT2D eigenvalue weighted by molar-refractivity contribution is 1.00. The van der Waals surface area contributed by atoms with Crippen molar-refractivity contribution in [2.45, 2.75) is 31.6 Å². The van der Waals surface area contributed by atoms with Crippen LogP contribution in [0.15, 0.2) is 36.4 Å². The maximum absolute atomic E-state index is 5.96. The van der Waals surface area contributed by atoms with Gasteiger partial charge in [0.25, 0.3) is 0 Å². The Morgan fingerprint density at radius 2 is 1.77 bits per heavy atom. The molecule has 2 aromatic carbocycles. The van der Waals surface area contributed by atoms with Crippen molar-refractivity contribution in [1.82, 2.24) is 9.97 Å². The van der Waals surface area contributed by atoms with Crippen LogP contribution in [-0.2, 0) is 12.8 Å². The summed E-state index contributed by atoms with van der Waals surface area (Å²) >= 11 is 0. The highest BCUT2D eigenvalue weighted by molar-refractivity contribution is 6.00. The summed E-state index contributed by atoms with van der Waals surface area (Å²) in [5.74, 6) is 0.975. The predicted octanol–water partition coefficient (Wildman–Crippen LogP) is 3.86. The first-order chi connectivity index (χ1) is 10.8. The molecule has 0 radical (unpaired) electrons. The van der Waals surface area contributed by atoms with Gasteiger partial charge in [-0.15, -0.1) is 0 Å². The highest BCUT2D eigenvalue weighted by Crippen LogP contribution is 2.41. The molecule has 0 atom stereocenters. The van der Waals surface area contributed by atoms with Crippen LogP contribution in [0.5, 0.6) is 0 Å². The van der Waals surface area contributed by atoms with Crippen molar-refractivity contribution in [1.29, 1.82) is 0 Å². The Hall–Kier alpha value is -2.42. The van der Waals surface area contributed by atoms with Gasteiger partial charge in [0.1, 0.15) is 0 Å². The molecule has 0 spiro atoms. The van der Waals surface area contributed by atoms with Gasteiger partial charge >= 0.3 is 0 Å². The second kappa shape index (κ2) is 4.29. The van der Waals surface area contributed by atoms with E-state index in [0.29, 0.717) is 11.9 Å². The van der Waals surface area contributed by atoms with Gasteiger partial charge in [0.05, 0.1) is 5.69 Å². The molecule has 5 rings (SSSR count). The van der Waals surface area contributed by atoms with Gasteiger partial charge in [-0.05, 0) is 53.6 Å². The average molecular weight is 287 g/mol. The van der Waals surface area contributed by atoms with E-state index in [0.717, 1.165) is 24.2 Å². The van der Waals surface area contributed by atoms with E-state index in [9.17, 15) is 0 Å². The molecule has 0 bridgehead atoms. The van der Waals surface area contributed by atoms with Crippen molar-refractivity contribution >= 4 is 16.7 Å². The molecule has 0 unspecified atom stereocenters. The summed E-state index contributed by atoms with van der Waals surface area (Å²) in [5.41, 5.74) is 12.1. The minimum absolute atomic E-state index is 0.391. The van der Waals surface area contributed by atoms with Crippen LogP contribution in [0.3, 0.4) is 0 Å². The molecule has 0 saturated heterocycles. The molecular formula is C19H17N3. The van der Waals surface area contributed by atoms with Crippen LogP contribution in [0.1, 0.15) is 35.6 Å². The van der Waals surface area contributed by atoms with Gasteiger partial charge in [-0.3, -0.25) is 0 Å². The lowest BCUT2D eigenvalue weighted by Crippen LogP contribution is -2.00. The van der Waals surface area contributed by atoms with Gasteiger partial charge in [0.15, 0.2) is 0 Å². The largest absolute Gasteiger partial charge is 0.368 e. The minimum atomic E-state index is 0.391. The number of aromatic nitrogens is 2. The maximum Gasteiger partial charge on any atom is 0.220 e. The Labute approximate surface area is 129 Å². The van der Waals surface area contributed by atoms with Crippen LogP contribution >= 0.6 is 0 Å². The third-order valence-corrected chi connectivity index (χ3v) is 4.91. The first-order valence-electron chi connectivity index (χ1n) is 7.98. The number of hydrogen-bond donors (Lipinski definition) is 1. The standard InChI is InChI=1S/C19H17N3/c20-19-21-16(11-4-5-11)10-17(22-19)14-9-8-13-7-6-12-2-1-3-15(14)18(12)13/h1-3,8-11H,4-7H2,(H2,20,21,22). The summed E-state index contributed by atoms with van der Waals surface area (Å²) in [6, 6.07) is 13.2. The maximum atomic E-state index is 5.96. The van der Waals surface area contributed by atoms with E-state index in [-0.39, 0.29) is 0 Å². The third-order valence-electron chi connectivity index (χ3n) is 4.91. The number of anilines is 1. The van der Waals surface area contributed by atoms with Gasteiger partial charge in [0, 0.05) is 17.2 Å². The molecule has 1 fully saturated rings. The van der Waals surface area contributed by atoms with Crippen LogP contribution in [-0.4, -0.2) is 9.97 Å². The molecule has 1 saturated carbocycles. The Kier molecular flexibility index (Phi) is 2.37. The summed E-state index contributed by atoms with van der Waals surface area (Å²) in [4.78, 5) is 8.93. The fraction of sp³-hybridized carbons (Fsp3) is 0.263. The number of hydrogen-bond acceptors (Lipinski definition) is 3. The topological polar surface area (TPSA) is 51.8 Å². The van der Waals surface area contributed by atoms with Crippen LogP contribution in [0.2, 0.25) is 0 Å². The molecule has 1 heterocycles. The zero-order valence-corrected chi connectivity index (χ0v) is 12.3. The van der Waals surface area contributed by atoms with Gasteiger partial charge < -0.3 is 5.73 Å². The van der Waals surface area contributed by atoms with Crippen molar-refractivity contribution in [2.75, 3.05) is 5.73 Å². The molecule has 108 valence electrons. The Morgan fingerprint density at radius 1 is 0.955 bits per heavy atom. The molecule has 3 nitrogen and oxygen atoms in total. The molecule has 0 amide bonds. The SMILES string of the molecule is Nc1nc(-c2ccc3c4c(cccc24)CC3)cc(C2CC2)n1. The fourth-order valence-corrected chi connectivity index (χ4v) is 3.68. The second-order valence-electron chi connectivity index (χ2n) is 6.42. The van der Waals surface area contributed by atoms with Crippen molar-refractivity contribution in [3.63, 3.8) is 0 Å². The molecule has 2 aliphatic carbocycles. The zero-order chi connectivity index (χ0) is 14.7. The highest BCUT2D eigenvalue weighted by Gasteiger charge is 2.26. The monoisotopic (exact) mass is 287 g/mol. The normalized spacial score (nSPS) is 16.4. The average Bonchev–Trinajstić information content (AvgIpc) is 3.30. The van der Waals surface area contributed by atoms with Crippen molar-refractivity contribution in [3.05, 3.63) is 53.2 Å². The first-order valence-corrected chi connectivity index (χ1v) is 7.98. The third kappa shape index (κ3) is 1.75. The number of aryl methyl sites for hydroxylation is 2. The van der Waals surface area contributed by atoms with Gasteiger partial charge in [-0.1, -0.05) is 30.3 Å². The summed E-state index contributed by atoms with van der Waals surface area (Å²) < 4.78 is 0. The second-order valence-corrected chi connectivity index (χ2v) is 6.42. The minimum Gasteiger partial charge on any atom is -0.368 e. The summed E-state index contributed by atoms with van der Waals surface area (Å²) in [6.07, 6.45) is 4.74. The predicted molar refractivity (Wildman–Crippen MR) is 88.8 cm³/mol. The summed E-state index contributed by atoms with van der Waals surface area (Å²) in [7, 11) is 0. The van der Waals surface area contributed by atoms with Gasteiger partial charge in [-0.25, -0.2) is 9.97 Å². The zero-order valence-electron chi connectivity index (χ0n) is 12.3. The molecular weight excluding hydrogens is 270 g/mol. The van der Waals surface area contributed by atoms with Gasteiger partial charge in [0.2, 0.25) is 5.95 Å². The summed E-state index contributed by atoms with van der Waals surface area (Å²) in [5, 5.41) is 2.72. The number of nitrogen functional groups attached to an aromatic ring is 1. The van der Waals surface area contributed by atoms with Crippen LogP contribution in [0.25, 0.3) is 22.0 Å².